The maximum atomic E-state index is 3.93. The van der Waals surface area contributed by atoms with Crippen LogP contribution in [0.1, 0.15) is 33.1 Å². The van der Waals surface area contributed by atoms with Crippen LogP contribution in [0.25, 0.3) is 0 Å². The highest BCUT2D eigenvalue weighted by atomic mass is 14.0. The first kappa shape index (κ1) is 10.2. The molecule has 11 heavy (non-hydrogen) atoms. The van der Waals surface area contributed by atoms with E-state index >= 15 is 0 Å². The number of unbranched alkanes of at least 4 members (excludes halogenated alkanes) is 1. The molecule has 0 unspecified atom stereocenters. The van der Waals surface area contributed by atoms with Gasteiger partial charge in [0.05, 0.1) is 0 Å². The molecular weight excluding hydrogens is 132 g/mol. The molecule has 0 heterocycles. The van der Waals surface area contributed by atoms with E-state index in [0.717, 1.165) is 18.4 Å². The maximum absolute atomic E-state index is 3.93. The van der Waals surface area contributed by atoms with Gasteiger partial charge in [0.15, 0.2) is 0 Å². The zero-order chi connectivity index (χ0) is 8.69. The predicted molar refractivity (Wildman–Crippen MR) is 52.6 cm³/mol. The van der Waals surface area contributed by atoms with Crippen LogP contribution < -0.4 is 0 Å². The molecule has 0 N–H and O–H groups in total. The van der Waals surface area contributed by atoms with Crippen LogP contribution in [0.2, 0.25) is 0 Å². The minimum atomic E-state index is 1.08. The molecule has 0 fully saturated rings. The van der Waals surface area contributed by atoms with Crippen molar-refractivity contribution in [2.24, 2.45) is 0 Å². The van der Waals surface area contributed by atoms with Gasteiger partial charge in [-0.05, 0) is 33.1 Å². The van der Waals surface area contributed by atoms with Gasteiger partial charge >= 0.3 is 0 Å². The van der Waals surface area contributed by atoms with E-state index in [1.807, 2.05) is 13.8 Å². The average Bonchev–Trinajstić information content (AvgIpc) is 1.97. The molecule has 0 saturated heterocycles. The SMILES string of the molecule is C=C(C)C(=C)CCC/C=C/C. The first-order valence-electron chi connectivity index (χ1n) is 4.13. The van der Waals surface area contributed by atoms with Gasteiger partial charge in [-0.1, -0.05) is 36.5 Å². The van der Waals surface area contributed by atoms with Gasteiger partial charge in [0.25, 0.3) is 0 Å². The van der Waals surface area contributed by atoms with Gasteiger partial charge in [0.1, 0.15) is 0 Å². The zero-order valence-corrected chi connectivity index (χ0v) is 7.69. The van der Waals surface area contributed by atoms with E-state index in [9.17, 15) is 0 Å². The van der Waals surface area contributed by atoms with Crippen LogP contribution in [0, 0.1) is 0 Å². The van der Waals surface area contributed by atoms with Gasteiger partial charge in [-0.3, -0.25) is 0 Å². The average molecular weight is 150 g/mol. The molecule has 0 atom stereocenters. The highest BCUT2D eigenvalue weighted by molar-refractivity contribution is 5.22. The van der Waals surface area contributed by atoms with Crippen LogP contribution in [0.15, 0.2) is 36.5 Å². The molecule has 0 nitrogen and oxygen atoms in total. The smallest absolute Gasteiger partial charge is 0.0279 e. The summed E-state index contributed by atoms with van der Waals surface area (Å²) in [7, 11) is 0. The number of hydrogen-bond donors (Lipinski definition) is 0. The lowest BCUT2D eigenvalue weighted by molar-refractivity contribution is 0.839. The van der Waals surface area contributed by atoms with Gasteiger partial charge in [0, 0.05) is 0 Å². The molecule has 0 bridgehead atoms. The summed E-state index contributed by atoms with van der Waals surface area (Å²) in [5.41, 5.74) is 2.31. The fourth-order valence-electron chi connectivity index (χ4n) is 0.813. The van der Waals surface area contributed by atoms with Crippen molar-refractivity contribution in [1.29, 1.82) is 0 Å². The van der Waals surface area contributed by atoms with Crippen LogP contribution in [-0.2, 0) is 0 Å². The monoisotopic (exact) mass is 150 g/mol. The predicted octanol–water partition coefficient (Wildman–Crippen LogP) is 3.87. The lowest BCUT2D eigenvalue weighted by atomic mass is 10.0. The summed E-state index contributed by atoms with van der Waals surface area (Å²) in [6, 6.07) is 0. The van der Waals surface area contributed by atoms with E-state index in [-0.39, 0.29) is 0 Å². The van der Waals surface area contributed by atoms with Crippen LogP contribution in [0.4, 0.5) is 0 Å². The first-order chi connectivity index (χ1) is 5.18. The second-order valence-electron chi connectivity index (χ2n) is 2.85. The largest absolute Gasteiger partial charge is 0.0959 e. The summed E-state index contributed by atoms with van der Waals surface area (Å²) in [6.45, 7) is 11.8. The van der Waals surface area contributed by atoms with Crippen molar-refractivity contribution in [2.45, 2.75) is 33.1 Å². The van der Waals surface area contributed by atoms with Gasteiger partial charge < -0.3 is 0 Å². The molecule has 0 amide bonds. The molecular formula is C11H18. The van der Waals surface area contributed by atoms with Crippen LogP contribution >= 0.6 is 0 Å². The molecule has 0 aliphatic heterocycles. The van der Waals surface area contributed by atoms with Gasteiger partial charge in [-0.25, -0.2) is 0 Å². The quantitative estimate of drug-likeness (QED) is 0.317. The summed E-state index contributed by atoms with van der Waals surface area (Å²) in [6.07, 6.45) is 7.70. The van der Waals surface area contributed by atoms with Crippen molar-refractivity contribution < 1.29 is 0 Å². The normalized spacial score (nSPS) is 10.4. The van der Waals surface area contributed by atoms with Crippen molar-refractivity contribution in [3.05, 3.63) is 36.5 Å². The van der Waals surface area contributed by atoms with Crippen LogP contribution in [0.5, 0.6) is 0 Å². The summed E-state index contributed by atoms with van der Waals surface area (Å²) in [5, 5.41) is 0. The highest BCUT2D eigenvalue weighted by Crippen LogP contribution is 2.12. The number of allylic oxidation sites excluding steroid dienone is 4. The Labute approximate surface area is 70.3 Å². The molecule has 0 radical (unpaired) electrons. The van der Waals surface area contributed by atoms with Crippen molar-refractivity contribution in [2.75, 3.05) is 0 Å². The Hall–Kier alpha value is -0.780. The standard InChI is InChI=1S/C11H18/c1-5-6-7-8-9-11(4)10(2)3/h5-6H,2,4,7-9H2,1,3H3/b6-5+. The molecule has 0 aromatic rings. The topological polar surface area (TPSA) is 0 Å². The summed E-state index contributed by atoms with van der Waals surface area (Å²) < 4.78 is 0. The van der Waals surface area contributed by atoms with Crippen molar-refractivity contribution in [3.63, 3.8) is 0 Å². The third-order valence-corrected chi connectivity index (χ3v) is 1.69. The Morgan fingerprint density at radius 1 is 1.36 bits per heavy atom. The van der Waals surface area contributed by atoms with Gasteiger partial charge in [-0.15, -0.1) is 0 Å². The van der Waals surface area contributed by atoms with E-state index < -0.39 is 0 Å². The fraction of sp³-hybridized carbons (Fsp3) is 0.455. The Morgan fingerprint density at radius 2 is 2.00 bits per heavy atom. The minimum absolute atomic E-state index is 1.08. The van der Waals surface area contributed by atoms with Gasteiger partial charge in [0.2, 0.25) is 0 Å². The third-order valence-electron chi connectivity index (χ3n) is 1.69. The Morgan fingerprint density at radius 3 is 2.45 bits per heavy atom. The summed E-state index contributed by atoms with van der Waals surface area (Å²) in [5.74, 6) is 0. The second-order valence-corrected chi connectivity index (χ2v) is 2.85. The molecule has 0 aromatic carbocycles. The zero-order valence-electron chi connectivity index (χ0n) is 7.69. The summed E-state index contributed by atoms with van der Waals surface area (Å²) in [4.78, 5) is 0. The van der Waals surface area contributed by atoms with Crippen molar-refractivity contribution in [3.8, 4) is 0 Å². The van der Waals surface area contributed by atoms with E-state index in [1.54, 1.807) is 0 Å². The highest BCUT2D eigenvalue weighted by Gasteiger charge is 1.92. The molecule has 0 aromatic heterocycles. The van der Waals surface area contributed by atoms with Crippen molar-refractivity contribution >= 4 is 0 Å². The molecule has 0 spiro atoms. The second kappa shape index (κ2) is 5.96. The number of rotatable bonds is 5. The first-order valence-corrected chi connectivity index (χ1v) is 4.13. The number of hydrogen-bond acceptors (Lipinski definition) is 0. The van der Waals surface area contributed by atoms with Crippen LogP contribution in [-0.4, -0.2) is 0 Å². The lowest BCUT2D eigenvalue weighted by Crippen LogP contribution is -1.81. The minimum Gasteiger partial charge on any atom is -0.0959 e. The van der Waals surface area contributed by atoms with E-state index in [2.05, 4.69) is 25.3 Å². The molecule has 62 valence electrons. The molecule has 0 saturated carbocycles. The lowest BCUT2D eigenvalue weighted by Gasteiger charge is -2.01. The molecule has 0 rings (SSSR count). The van der Waals surface area contributed by atoms with Crippen LogP contribution in [0.3, 0.4) is 0 Å². The van der Waals surface area contributed by atoms with E-state index in [4.69, 9.17) is 0 Å². The Kier molecular flexibility index (Phi) is 5.54. The Bertz CT molecular complexity index is 161. The third kappa shape index (κ3) is 5.65. The van der Waals surface area contributed by atoms with Crippen molar-refractivity contribution in [1.82, 2.24) is 0 Å². The summed E-state index contributed by atoms with van der Waals surface area (Å²) >= 11 is 0. The van der Waals surface area contributed by atoms with E-state index in [1.165, 1.54) is 12.0 Å². The molecule has 0 aliphatic carbocycles. The Balaban J connectivity index is 3.39. The molecule has 0 heteroatoms. The molecule has 0 aliphatic rings. The van der Waals surface area contributed by atoms with Gasteiger partial charge in [-0.2, -0.15) is 0 Å². The fourth-order valence-corrected chi connectivity index (χ4v) is 0.813. The van der Waals surface area contributed by atoms with E-state index in [0.29, 0.717) is 0 Å². The maximum Gasteiger partial charge on any atom is -0.0279 e.